The summed E-state index contributed by atoms with van der Waals surface area (Å²) in [6, 6.07) is 6.35. The van der Waals surface area contributed by atoms with Crippen LogP contribution in [0.5, 0.6) is 0 Å². The van der Waals surface area contributed by atoms with Crippen LogP contribution < -0.4 is 5.32 Å². The SMILES string of the molecule is Cc1ccc(-c2cn(-c3ccc(NC(=O)OC(C)(C)C)cn3)nc2C)c(F)c1F. The van der Waals surface area contributed by atoms with Gasteiger partial charge in [-0.1, -0.05) is 12.1 Å². The first kappa shape index (κ1) is 20.4. The molecule has 8 heteroatoms. The van der Waals surface area contributed by atoms with Gasteiger partial charge in [-0.05, 0) is 52.3 Å². The largest absolute Gasteiger partial charge is 0.444 e. The van der Waals surface area contributed by atoms with Gasteiger partial charge in [0, 0.05) is 17.3 Å². The molecule has 3 rings (SSSR count). The lowest BCUT2D eigenvalue weighted by Crippen LogP contribution is -2.27. The van der Waals surface area contributed by atoms with Crippen molar-refractivity contribution in [3.63, 3.8) is 0 Å². The topological polar surface area (TPSA) is 69.0 Å². The van der Waals surface area contributed by atoms with Crippen molar-refractivity contribution in [3.8, 4) is 16.9 Å². The molecule has 2 heterocycles. The third kappa shape index (κ3) is 4.59. The number of hydrogen-bond acceptors (Lipinski definition) is 4. The molecule has 2 aromatic heterocycles. The van der Waals surface area contributed by atoms with Crippen LogP contribution in [0.1, 0.15) is 32.0 Å². The van der Waals surface area contributed by atoms with Crippen LogP contribution in [0, 0.1) is 25.5 Å². The molecular formula is C21H22F2N4O2. The van der Waals surface area contributed by atoms with Crippen LogP contribution in [0.4, 0.5) is 19.3 Å². The Morgan fingerprint density at radius 1 is 1.07 bits per heavy atom. The van der Waals surface area contributed by atoms with Crippen LogP contribution in [0.25, 0.3) is 16.9 Å². The Kier molecular flexibility index (Phi) is 5.37. The van der Waals surface area contributed by atoms with Gasteiger partial charge in [0.05, 0.1) is 17.6 Å². The summed E-state index contributed by atoms with van der Waals surface area (Å²) in [7, 11) is 0. The van der Waals surface area contributed by atoms with E-state index in [9.17, 15) is 13.6 Å². The molecular weight excluding hydrogens is 378 g/mol. The Morgan fingerprint density at radius 2 is 1.79 bits per heavy atom. The second kappa shape index (κ2) is 7.62. The highest BCUT2D eigenvalue weighted by molar-refractivity contribution is 5.84. The zero-order valence-corrected chi connectivity index (χ0v) is 16.9. The number of ether oxygens (including phenoxy) is 1. The molecule has 0 saturated heterocycles. The summed E-state index contributed by atoms with van der Waals surface area (Å²) in [5.74, 6) is -1.31. The van der Waals surface area contributed by atoms with E-state index in [1.165, 1.54) is 29.9 Å². The maximum absolute atomic E-state index is 14.4. The molecule has 0 aliphatic rings. The monoisotopic (exact) mass is 400 g/mol. The lowest BCUT2D eigenvalue weighted by atomic mass is 10.0. The van der Waals surface area contributed by atoms with Gasteiger partial charge in [-0.3, -0.25) is 5.32 Å². The van der Waals surface area contributed by atoms with E-state index in [2.05, 4.69) is 15.4 Å². The highest BCUT2D eigenvalue weighted by Gasteiger charge is 2.18. The molecule has 0 fully saturated rings. The van der Waals surface area contributed by atoms with E-state index in [0.717, 1.165) is 0 Å². The van der Waals surface area contributed by atoms with Gasteiger partial charge in [0.25, 0.3) is 0 Å². The van der Waals surface area contributed by atoms with E-state index >= 15 is 0 Å². The van der Waals surface area contributed by atoms with Gasteiger partial charge < -0.3 is 4.74 Å². The number of hydrogen-bond donors (Lipinski definition) is 1. The second-order valence-electron chi connectivity index (χ2n) is 7.66. The number of nitrogens with zero attached hydrogens (tertiary/aromatic N) is 3. The third-order valence-corrected chi connectivity index (χ3v) is 4.09. The molecule has 0 aliphatic heterocycles. The summed E-state index contributed by atoms with van der Waals surface area (Å²) in [5, 5.41) is 6.94. The van der Waals surface area contributed by atoms with Crippen molar-refractivity contribution >= 4 is 11.8 Å². The number of anilines is 1. The average molecular weight is 400 g/mol. The molecule has 0 radical (unpaired) electrons. The number of rotatable bonds is 3. The highest BCUT2D eigenvalue weighted by atomic mass is 19.2. The maximum atomic E-state index is 14.4. The van der Waals surface area contributed by atoms with Crippen LogP contribution in [0.2, 0.25) is 0 Å². The number of carbonyl (C=O) groups excluding carboxylic acids is 1. The molecule has 3 aromatic rings. The molecule has 1 amide bonds. The smallest absolute Gasteiger partial charge is 0.412 e. The minimum absolute atomic E-state index is 0.139. The number of benzene rings is 1. The Bertz CT molecular complexity index is 1050. The van der Waals surface area contributed by atoms with Crippen molar-refractivity contribution in [1.29, 1.82) is 0 Å². The van der Waals surface area contributed by atoms with Gasteiger partial charge in [-0.15, -0.1) is 0 Å². The zero-order valence-electron chi connectivity index (χ0n) is 16.9. The van der Waals surface area contributed by atoms with Gasteiger partial charge in [-0.2, -0.15) is 5.10 Å². The molecule has 0 atom stereocenters. The predicted octanol–water partition coefficient (Wildman–Crippen LogP) is 5.18. The minimum atomic E-state index is -0.905. The number of amides is 1. The van der Waals surface area contributed by atoms with Crippen molar-refractivity contribution in [1.82, 2.24) is 14.8 Å². The third-order valence-electron chi connectivity index (χ3n) is 4.09. The van der Waals surface area contributed by atoms with Crippen molar-refractivity contribution < 1.29 is 18.3 Å². The molecule has 152 valence electrons. The predicted molar refractivity (Wildman–Crippen MR) is 106 cm³/mol. The molecule has 0 saturated carbocycles. The van der Waals surface area contributed by atoms with E-state index in [0.29, 0.717) is 22.8 Å². The number of aromatic nitrogens is 3. The fourth-order valence-corrected chi connectivity index (χ4v) is 2.71. The Morgan fingerprint density at radius 3 is 2.41 bits per heavy atom. The molecule has 6 nitrogen and oxygen atoms in total. The van der Waals surface area contributed by atoms with Gasteiger partial charge in [-0.25, -0.2) is 23.2 Å². The van der Waals surface area contributed by atoms with Crippen LogP contribution >= 0.6 is 0 Å². The molecule has 1 aromatic carbocycles. The Labute approximate surface area is 167 Å². The maximum Gasteiger partial charge on any atom is 0.412 e. The molecule has 0 spiro atoms. The van der Waals surface area contributed by atoms with E-state index in [1.807, 2.05) is 0 Å². The minimum Gasteiger partial charge on any atom is -0.444 e. The van der Waals surface area contributed by atoms with E-state index in [4.69, 9.17) is 4.74 Å². The van der Waals surface area contributed by atoms with Crippen LogP contribution in [-0.2, 0) is 4.74 Å². The summed E-state index contributed by atoms with van der Waals surface area (Å²) in [6.45, 7) is 8.54. The van der Waals surface area contributed by atoms with E-state index < -0.39 is 23.3 Å². The first-order valence-electron chi connectivity index (χ1n) is 9.03. The summed E-state index contributed by atoms with van der Waals surface area (Å²) in [6.07, 6.45) is 2.47. The summed E-state index contributed by atoms with van der Waals surface area (Å²) >= 11 is 0. The number of nitrogens with one attached hydrogen (secondary N) is 1. The van der Waals surface area contributed by atoms with Crippen molar-refractivity contribution in [2.45, 2.75) is 40.2 Å². The van der Waals surface area contributed by atoms with Crippen molar-refractivity contribution in [2.75, 3.05) is 5.32 Å². The Balaban J connectivity index is 1.83. The summed E-state index contributed by atoms with van der Waals surface area (Å²) in [4.78, 5) is 16.1. The van der Waals surface area contributed by atoms with Gasteiger partial charge in [0.2, 0.25) is 0 Å². The van der Waals surface area contributed by atoms with E-state index in [-0.39, 0.29) is 11.1 Å². The quantitative estimate of drug-likeness (QED) is 0.658. The van der Waals surface area contributed by atoms with Gasteiger partial charge in [0.15, 0.2) is 17.5 Å². The molecule has 0 unspecified atom stereocenters. The fourth-order valence-electron chi connectivity index (χ4n) is 2.71. The number of halogens is 2. The first-order chi connectivity index (χ1) is 13.5. The average Bonchev–Trinajstić information content (AvgIpc) is 3.00. The summed E-state index contributed by atoms with van der Waals surface area (Å²) in [5.41, 5.74) is 1.24. The van der Waals surface area contributed by atoms with Crippen molar-refractivity contribution in [3.05, 3.63) is 59.6 Å². The molecule has 1 N–H and O–H groups in total. The highest BCUT2D eigenvalue weighted by Crippen LogP contribution is 2.29. The first-order valence-corrected chi connectivity index (χ1v) is 9.03. The number of pyridine rings is 1. The van der Waals surface area contributed by atoms with Gasteiger partial charge >= 0.3 is 6.09 Å². The van der Waals surface area contributed by atoms with Gasteiger partial charge in [0.1, 0.15) is 5.60 Å². The van der Waals surface area contributed by atoms with Crippen molar-refractivity contribution in [2.24, 2.45) is 0 Å². The molecule has 29 heavy (non-hydrogen) atoms. The lowest BCUT2D eigenvalue weighted by molar-refractivity contribution is 0.0636. The zero-order chi connectivity index (χ0) is 21.3. The van der Waals surface area contributed by atoms with E-state index in [1.54, 1.807) is 46.0 Å². The van der Waals surface area contributed by atoms with Crippen LogP contribution in [0.3, 0.4) is 0 Å². The summed E-state index contributed by atoms with van der Waals surface area (Å²) < 4.78 is 34.9. The normalized spacial score (nSPS) is 11.4. The lowest BCUT2D eigenvalue weighted by Gasteiger charge is -2.19. The molecule has 0 aliphatic carbocycles. The fraction of sp³-hybridized carbons (Fsp3) is 0.286. The number of carbonyl (C=O) groups is 1. The Hall–Kier alpha value is -3.29. The second-order valence-corrected chi connectivity index (χ2v) is 7.66. The van der Waals surface area contributed by atoms with Crippen LogP contribution in [-0.4, -0.2) is 26.5 Å². The van der Waals surface area contributed by atoms with Crippen LogP contribution in [0.15, 0.2) is 36.7 Å². The number of aryl methyl sites for hydroxylation is 2. The molecule has 0 bridgehead atoms. The standard InChI is InChI=1S/C21H22F2N4O2/c1-12-6-8-15(19(23)18(12)22)16-11-27(26-13(16)2)17-9-7-14(10-24-17)25-20(28)29-21(3,4)5/h6-11H,1-5H3,(H,25,28).